The molecule has 0 aromatic heterocycles. The van der Waals surface area contributed by atoms with Crippen LogP contribution in [0.4, 0.5) is 5.69 Å². The second kappa shape index (κ2) is 6.45. The average Bonchev–Trinajstić information content (AvgIpc) is 2.28. The maximum atomic E-state index is 8.33. The van der Waals surface area contributed by atoms with Crippen molar-refractivity contribution in [3.63, 3.8) is 0 Å². The van der Waals surface area contributed by atoms with Crippen LogP contribution in [0, 0.1) is 0 Å². The summed E-state index contributed by atoms with van der Waals surface area (Å²) in [6.45, 7) is 0.716. The summed E-state index contributed by atoms with van der Waals surface area (Å²) in [5.41, 5.74) is 6.23. The molecule has 0 unspecified atom stereocenters. The first kappa shape index (κ1) is 12.9. The van der Waals surface area contributed by atoms with Gasteiger partial charge in [0.25, 0.3) is 0 Å². The lowest BCUT2D eigenvalue weighted by Gasteiger charge is -2.06. The topological polar surface area (TPSA) is 70.6 Å². The lowest BCUT2D eigenvalue weighted by molar-refractivity contribution is 0.316. The average molecular weight is 262 g/mol. The minimum absolute atomic E-state index is 0.232. The minimum atomic E-state index is 0.232. The van der Waals surface area contributed by atoms with Crippen LogP contribution in [-0.2, 0) is 0 Å². The molecule has 4 nitrogen and oxygen atoms in total. The fourth-order valence-corrected chi connectivity index (χ4v) is 1.46. The molecule has 0 spiro atoms. The van der Waals surface area contributed by atoms with Crippen molar-refractivity contribution in [3.05, 3.63) is 28.2 Å². The number of oxime groups is 1. The number of hydrogen-bond acceptors (Lipinski definition) is 3. The molecule has 1 aromatic rings. The Bertz CT molecular complexity index is 382. The Labute approximate surface area is 104 Å². The summed E-state index contributed by atoms with van der Waals surface area (Å²) in [6, 6.07) is 5.33. The second-order valence-electron chi connectivity index (χ2n) is 3.25. The zero-order valence-electron chi connectivity index (χ0n) is 8.58. The molecular weight excluding hydrogens is 249 g/mol. The molecule has 0 atom stereocenters. The van der Waals surface area contributed by atoms with Crippen LogP contribution < -0.4 is 11.1 Å². The van der Waals surface area contributed by atoms with Crippen molar-refractivity contribution in [2.24, 2.45) is 10.9 Å². The summed E-state index contributed by atoms with van der Waals surface area (Å²) in [6.07, 6.45) is 1.32. The van der Waals surface area contributed by atoms with Crippen molar-refractivity contribution in [2.45, 2.75) is 12.8 Å². The molecule has 4 N–H and O–H groups in total. The van der Waals surface area contributed by atoms with Crippen molar-refractivity contribution >= 4 is 34.7 Å². The van der Waals surface area contributed by atoms with Crippen molar-refractivity contribution in [1.82, 2.24) is 0 Å². The number of hydrogen-bond donors (Lipinski definition) is 3. The van der Waals surface area contributed by atoms with Crippen LogP contribution in [0.25, 0.3) is 0 Å². The highest BCUT2D eigenvalue weighted by atomic mass is 35.5. The number of anilines is 1. The maximum absolute atomic E-state index is 8.33. The number of nitrogens with zero attached hydrogens (tertiary/aromatic N) is 1. The summed E-state index contributed by atoms with van der Waals surface area (Å²) in [5.74, 6) is 0.232. The van der Waals surface area contributed by atoms with Crippen molar-refractivity contribution in [2.75, 3.05) is 11.9 Å². The van der Waals surface area contributed by atoms with E-state index in [4.69, 9.17) is 34.1 Å². The molecule has 0 aliphatic carbocycles. The predicted molar refractivity (Wildman–Crippen MR) is 67.6 cm³/mol. The molecule has 6 heteroatoms. The molecule has 0 aliphatic heterocycles. The number of amidine groups is 1. The molecule has 0 amide bonds. The van der Waals surface area contributed by atoms with Gasteiger partial charge in [-0.25, -0.2) is 0 Å². The molecule has 16 heavy (non-hydrogen) atoms. The van der Waals surface area contributed by atoms with Gasteiger partial charge in [0.1, 0.15) is 5.84 Å². The quantitative estimate of drug-likeness (QED) is 0.251. The largest absolute Gasteiger partial charge is 0.409 e. The van der Waals surface area contributed by atoms with E-state index in [-0.39, 0.29) is 5.84 Å². The summed E-state index contributed by atoms with van der Waals surface area (Å²) < 4.78 is 0. The summed E-state index contributed by atoms with van der Waals surface area (Å²) in [4.78, 5) is 0. The second-order valence-corrected chi connectivity index (χ2v) is 4.06. The van der Waals surface area contributed by atoms with Crippen molar-refractivity contribution in [1.29, 1.82) is 0 Å². The first-order chi connectivity index (χ1) is 7.63. The van der Waals surface area contributed by atoms with E-state index in [2.05, 4.69) is 10.5 Å². The summed E-state index contributed by atoms with van der Waals surface area (Å²) in [7, 11) is 0. The first-order valence-corrected chi connectivity index (χ1v) is 5.54. The van der Waals surface area contributed by atoms with Gasteiger partial charge in [-0.15, -0.1) is 0 Å². The predicted octanol–water partition coefficient (Wildman–Crippen LogP) is 2.93. The molecule has 88 valence electrons. The van der Waals surface area contributed by atoms with E-state index in [1.807, 2.05) is 6.07 Å². The van der Waals surface area contributed by atoms with E-state index in [1.54, 1.807) is 12.1 Å². The van der Waals surface area contributed by atoms with Gasteiger partial charge in [-0.05, 0) is 24.6 Å². The lowest BCUT2D eigenvalue weighted by atomic mass is 10.2. The third-order valence-corrected chi connectivity index (χ3v) is 2.73. The third kappa shape index (κ3) is 4.16. The van der Waals surface area contributed by atoms with E-state index in [0.29, 0.717) is 23.0 Å². The molecule has 1 aromatic carbocycles. The fourth-order valence-electron chi connectivity index (χ4n) is 1.16. The van der Waals surface area contributed by atoms with Crippen LogP contribution in [0.2, 0.25) is 10.0 Å². The molecular formula is C10H13Cl2N3O. The Balaban J connectivity index is 2.35. The normalized spacial score (nSPS) is 11.5. The zero-order chi connectivity index (χ0) is 12.0. The van der Waals surface area contributed by atoms with Gasteiger partial charge in [-0.1, -0.05) is 28.4 Å². The smallest absolute Gasteiger partial charge is 0.139 e. The van der Waals surface area contributed by atoms with Crippen LogP contribution in [0.5, 0.6) is 0 Å². The van der Waals surface area contributed by atoms with E-state index in [9.17, 15) is 0 Å². The Morgan fingerprint density at radius 3 is 2.75 bits per heavy atom. The van der Waals surface area contributed by atoms with Gasteiger partial charge in [0.2, 0.25) is 0 Å². The molecule has 0 saturated carbocycles. The molecule has 0 radical (unpaired) electrons. The van der Waals surface area contributed by atoms with E-state index >= 15 is 0 Å². The fraction of sp³-hybridized carbons (Fsp3) is 0.300. The van der Waals surface area contributed by atoms with Gasteiger partial charge in [-0.2, -0.15) is 0 Å². The van der Waals surface area contributed by atoms with Crippen molar-refractivity contribution < 1.29 is 5.21 Å². The Morgan fingerprint density at radius 2 is 2.12 bits per heavy atom. The Hall–Kier alpha value is -1.13. The standard InChI is InChI=1S/C10H13Cl2N3O/c11-8-4-3-7(6-9(8)12)14-5-1-2-10(13)15-16/h3-4,6,14,16H,1-2,5H2,(H2,13,15). The van der Waals surface area contributed by atoms with Crippen LogP contribution in [0.3, 0.4) is 0 Å². The van der Waals surface area contributed by atoms with Gasteiger partial charge in [0.15, 0.2) is 0 Å². The number of nitrogens with one attached hydrogen (secondary N) is 1. The van der Waals surface area contributed by atoms with Gasteiger partial charge >= 0.3 is 0 Å². The van der Waals surface area contributed by atoms with Gasteiger partial charge in [0, 0.05) is 18.7 Å². The molecule has 0 saturated heterocycles. The number of benzene rings is 1. The summed E-state index contributed by atoms with van der Waals surface area (Å²) in [5, 5.41) is 15.4. The third-order valence-electron chi connectivity index (χ3n) is 1.99. The van der Waals surface area contributed by atoms with E-state index in [1.165, 1.54) is 0 Å². The lowest BCUT2D eigenvalue weighted by Crippen LogP contribution is -2.13. The van der Waals surface area contributed by atoms with Gasteiger partial charge in [0.05, 0.1) is 10.0 Å². The molecule has 0 bridgehead atoms. The molecule has 0 heterocycles. The van der Waals surface area contributed by atoms with Crippen LogP contribution in [-0.4, -0.2) is 17.6 Å². The monoisotopic (exact) mass is 261 g/mol. The number of rotatable bonds is 5. The Morgan fingerprint density at radius 1 is 1.38 bits per heavy atom. The Kier molecular flexibility index (Phi) is 5.22. The number of halogens is 2. The highest BCUT2D eigenvalue weighted by Gasteiger charge is 1.99. The SMILES string of the molecule is NC(CCCNc1ccc(Cl)c(Cl)c1)=NO. The number of nitrogens with two attached hydrogens (primary N) is 1. The highest BCUT2D eigenvalue weighted by molar-refractivity contribution is 6.42. The van der Waals surface area contributed by atoms with Crippen LogP contribution in [0.1, 0.15) is 12.8 Å². The molecule has 0 aliphatic rings. The first-order valence-electron chi connectivity index (χ1n) is 4.79. The molecule has 1 rings (SSSR count). The van der Waals surface area contributed by atoms with E-state index < -0.39 is 0 Å². The van der Waals surface area contributed by atoms with Gasteiger partial charge in [-0.3, -0.25) is 0 Å². The van der Waals surface area contributed by atoms with Gasteiger partial charge < -0.3 is 16.3 Å². The highest BCUT2D eigenvalue weighted by Crippen LogP contribution is 2.24. The van der Waals surface area contributed by atoms with Crippen molar-refractivity contribution in [3.8, 4) is 0 Å². The maximum Gasteiger partial charge on any atom is 0.139 e. The zero-order valence-corrected chi connectivity index (χ0v) is 10.1. The van der Waals surface area contributed by atoms with Crippen LogP contribution in [0.15, 0.2) is 23.4 Å². The molecule has 0 fully saturated rings. The minimum Gasteiger partial charge on any atom is -0.409 e. The van der Waals surface area contributed by atoms with E-state index in [0.717, 1.165) is 12.1 Å². The summed E-state index contributed by atoms with van der Waals surface area (Å²) >= 11 is 11.6. The van der Waals surface area contributed by atoms with Crippen LogP contribution >= 0.6 is 23.2 Å².